The molecule has 0 aliphatic rings. The Hall–Kier alpha value is -2.82. The number of imidazole rings is 1. The predicted octanol–water partition coefficient (Wildman–Crippen LogP) is 1.83. The first-order valence-electron chi connectivity index (χ1n) is 5.71. The van der Waals surface area contributed by atoms with Gasteiger partial charge < -0.3 is 10.8 Å². The summed E-state index contributed by atoms with van der Waals surface area (Å²) >= 11 is 0. The Kier molecular flexibility index (Phi) is 2.45. The summed E-state index contributed by atoms with van der Waals surface area (Å²) < 4.78 is 1.87. The SMILES string of the molecule is NC(=O)c1ccc2c(c1)ncn2-c1ccc(O)cc1. The second-order valence-corrected chi connectivity index (χ2v) is 4.20. The van der Waals surface area contributed by atoms with Crippen LogP contribution in [0.2, 0.25) is 0 Å². The molecule has 1 amide bonds. The normalized spacial score (nSPS) is 10.7. The highest BCUT2D eigenvalue weighted by molar-refractivity contribution is 5.96. The van der Waals surface area contributed by atoms with Crippen LogP contribution < -0.4 is 5.73 Å². The summed E-state index contributed by atoms with van der Waals surface area (Å²) in [6.07, 6.45) is 1.67. The van der Waals surface area contributed by atoms with Gasteiger partial charge in [-0.05, 0) is 42.5 Å². The second kappa shape index (κ2) is 4.13. The lowest BCUT2D eigenvalue weighted by Gasteiger charge is -2.04. The van der Waals surface area contributed by atoms with E-state index in [1.165, 1.54) is 0 Å². The number of amides is 1. The molecular formula is C14H11N3O2. The van der Waals surface area contributed by atoms with Gasteiger partial charge in [-0.1, -0.05) is 0 Å². The largest absolute Gasteiger partial charge is 0.508 e. The number of phenols is 1. The Morgan fingerprint density at radius 3 is 2.58 bits per heavy atom. The van der Waals surface area contributed by atoms with Gasteiger partial charge in [0.15, 0.2) is 0 Å². The molecule has 0 aliphatic carbocycles. The molecule has 0 bridgehead atoms. The maximum Gasteiger partial charge on any atom is 0.248 e. The highest BCUT2D eigenvalue weighted by atomic mass is 16.3. The fourth-order valence-electron chi connectivity index (χ4n) is 1.98. The summed E-state index contributed by atoms with van der Waals surface area (Å²) in [4.78, 5) is 15.4. The molecule has 5 heteroatoms. The van der Waals surface area contributed by atoms with E-state index in [9.17, 15) is 9.90 Å². The average Bonchev–Trinajstić information content (AvgIpc) is 2.82. The van der Waals surface area contributed by atoms with Gasteiger partial charge in [0.25, 0.3) is 0 Å². The van der Waals surface area contributed by atoms with Crippen molar-refractivity contribution in [3.63, 3.8) is 0 Å². The van der Waals surface area contributed by atoms with Crippen molar-refractivity contribution in [3.05, 3.63) is 54.4 Å². The fraction of sp³-hybridized carbons (Fsp3) is 0. The van der Waals surface area contributed by atoms with E-state index in [0.717, 1.165) is 11.2 Å². The number of rotatable bonds is 2. The van der Waals surface area contributed by atoms with Crippen LogP contribution in [0.15, 0.2) is 48.8 Å². The molecule has 1 heterocycles. The van der Waals surface area contributed by atoms with Crippen LogP contribution in [-0.4, -0.2) is 20.6 Å². The van der Waals surface area contributed by atoms with Crippen LogP contribution in [0.4, 0.5) is 0 Å². The molecule has 3 rings (SSSR count). The van der Waals surface area contributed by atoms with Crippen molar-refractivity contribution >= 4 is 16.9 Å². The Balaban J connectivity index is 2.15. The molecule has 0 unspecified atom stereocenters. The van der Waals surface area contributed by atoms with Gasteiger partial charge in [0, 0.05) is 11.3 Å². The number of hydrogen-bond acceptors (Lipinski definition) is 3. The van der Waals surface area contributed by atoms with Gasteiger partial charge in [-0.2, -0.15) is 0 Å². The zero-order valence-electron chi connectivity index (χ0n) is 9.95. The van der Waals surface area contributed by atoms with Gasteiger partial charge in [-0.25, -0.2) is 4.98 Å². The monoisotopic (exact) mass is 253 g/mol. The van der Waals surface area contributed by atoms with Gasteiger partial charge in [0.2, 0.25) is 5.91 Å². The number of hydrogen-bond donors (Lipinski definition) is 2. The molecule has 2 aromatic carbocycles. The zero-order valence-corrected chi connectivity index (χ0v) is 9.95. The van der Waals surface area contributed by atoms with E-state index in [1.807, 2.05) is 4.57 Å². The number of fused-ring (bicyclic) bond motifs is 1. The molecule has 0 fully saturated rings. The molecule has 0 aliphatic heterocycles. The van der Waals surface area contributed by atoms with Crippen LogP contribution in [0.1, 0.15) is 10.4 Å². The molecule has 0 saturated carbocycles. The van der Waals surface area contributed by atoms with Gasteiger partial charge in [0.05, 0.1) is 11.0 Å². The molecular weight excluding hydrogens is 242 g/mol. The molecule has 3 N–H and O–H groups in total. The number of nitrogens with zero attached hydrogens (tertiary/aromatic N) is 2. The van der Waals surface area contributed by atoms with Crippen molar-refractivity contribution in [1.29, 1.82) is 0 Å². The summed E-state index contributed by atoms with van der Waals surface area (Å²) in [5.41, 5.74) is 8.12. The van der Waals surface area contributed by atoms with Crippen molar-refractivity contribution in [2.45, 2.75) is 0 Å². The molecule has 0 saturated heterocycles. The Morgan fingerprint density at radius 1 is 1.16 bits per heavy atom. The summed E-state index contributed by atoms with van der Waals surface area (Å²) in [5, 5.41) is 9.29. The number of benzene rings is 2. The number of carbonyl (C=O) groups excluding carboxylic acids is 1. The summed E-state index contributed by atoms with van der Waals surface area (Å²) in [5.74, 6) is -0.259. The van der Waals surface area contributed by atoms with E-state index in [1.54, 1.807) is 48.8 Å². The van der Waals surface area contributed by atoms with Crippen LogP contribution in [-0.2, 0) is 0 Å². The minimum Gasteiger partial charge on any atom is -0.508 e. The number of aromatic hydroxyl groups is 1. The zero-order chi connectivity index (χ0) is 13.4. The van der Waals surface area contributed by atoms with Gasteiger partial charge in [-0.15, -0.1) is 0 Å². The van der Waals surface area contributed by atoms with Crippen LogP contribution >= 0.6 is 0 Å². The van der Waals surface area contributed by atoms with Crippen molar-refractivity contribution in [3.8, 4) is 11.4 Å². The lowest BCUT2D eigenvalue weighted by Crippen LogP contribution is -2.10. The highest BCUT2D eigenvalue weighted by Gasteiger charge is 2.07. The summed E-state index contributed by atoms with van der Waals surface area (Å²) in [6.45, 7) is 0. The lowest BCUT2D eigenvalue weighted by atomic mass is 10.2. The number of primary amides is 1. The third-order valence-electron chi connectivity index (χ3n) is 2.96. The minimum atomic E-state index is -0.471. The van der Waals surface area contributed by atoms with E-state index in [-0.39, 0.29) is 5.75 Å². The number of nitrogens with two attached hydrogens (primary N) is 1. The maximum atomic E-state index is 11.1. The number of phenolic OH excluding ortho intramolecular Hbond substituents is 1. The van der Waals surface area contributed by atoms with Crippen LogP contribution in [0.25, 0.3) is 16.7 Å². The lowest BCUT2D eigenvalue weighted by molar-refractivity contribution is 0.100. The first-order valence-corrected chi connectivity index (χ1v) is 5.71. The Bertz CT molecular complexity index is 760. The molecule has 0 atom stereocenters. The Morgan fingerprint density at radius 2 is 1.89 bits per heavy atom. The average molecular weight is 253 g/mol. The van der Waals surface area contributed by atoms with E-state index < -0.39 is 5.91 Å². The van der Waals surface area contributed by atoms with E-state index in [0.29, 0.717) is 11.1 Å². The van der Waals surface area contributed by atoms with Crippen LogP contribution in [0.5, 0.6) is 5.75 Å². The van der Waals surface area contributed by atoms with Gasteiger partial charge >= 0.3 is 0 Å². The third kappa shape index (κ3) is 1.91. The highest BCUT2D eigenvalue weighted by Crippen LogP contribution is 2.20. The maximum absolute atomic E-state index is 11.1. The first-order chi connectivity index (χ1) is 9.15. The molecule has 94 valence electrons. The number of aromatic nitrogens is 2. The first kappa shape index (κ1) is 11.3. The van der Waals surface area contributed by atoms with Crippen molar-refractivity contribution < 1.29 is 9.90 Å². The van der Waals surface area contributed by atoms with E-state index >= 15 is 0 Å². The predicted molar refractivity (Wildman–Crippen MR) is 71.3 cm³/mol. The molecule has 0 spiro atoms. The molecule has 1 aromatic heterocycles. The van der Waals surface area contributed by atoms with Crippen LogP contribution in [0.3, 0.4) is 0 Å². The molecule has 0 radical (unpaired) electrons. The fourth-order valence-corrected chi connectivity index (χ4v) is 1.98. The third-order valence-corrected chi connectivity index (χ3v) is 2.96. The topological polar surface area (TPSA) is 81.1 Å². The summed E-state index contributed by atoms with van der Waals surface area (Å²) in [7, 11) is 0. The van der Waals surface area contributed by atoms with Crippen molar-refractivity contribution in [2.24, 2.45) is 5.73 Å². The smallest absolute Gasteiger partial charge is 0.248 e. The molecule has 3 aromatic rings. The standard InChI is InChI=1S/C14H11N3O2/c15-14(19)9-1-6-13-12(7-9)16-8-17(13)10-2-4-11(18)5-3-10/h1-8,18H,(H2,15,19). The van der Waals surface area contributed by atoms with Crippen molar-refractivity contribution in [1.82, 2.24) is 9.55 Å². The Labute approximate surface area is 108 Å². The van der Waals surface area contributed by atoms with E-state index in [4.69, 9.17) is 5.73 Å². The minimum absolute atomic E-state index is 0.212. The van der Waals surface area contributed by atoms with Gasteiger partial charge in [-0.3, -0.25) is 9.36 Å². The summed E-state index contributed by atoms with van der Waals surface area (Å²) in [6, 6.07) is 11.9. The van der Waals surface area contributed by atoms with Crippen LogP contribution in [0, 0.1) is 0 Å². The molecule has 5 nitrogen and oxygen atoms in total. The number of carbonyl (C=O) groups is 1. The quantitative estimate of drug-likeness (QED) is 0.731. The molecule has 19 heavy (non-hydrogen) atoms. The second-order valence-electron chi connectivity index (χ2n) is 4.20. The van der Waals surface area contributed by atoms with Crippen molar-refractivity contribution in [2.75, 3.05) is 0 Å². The van der Waals surface area contributed by atoms with E-state index in [2.05, 4.69) is 4.98 Å². The van der Waals surface area contributed by atoms with Gasteiger partial charge in [0.1, 0.15) is 12.1 Å².